The van der Waals surface area contributed by atoms with Crippen LogP contribution in [0.5, 0.6) is 0 Å². The Morgan fingerprint density at radius 3 is 1.71 bits per heavy atom. The van der Waals surface area contributed by atoms with Crippen LogP contribution >= 0.6 is 0 Å². The van der Waals surface area contributed by atoms with E-state index in [0.29, 0.717) is 5.78 Å². The molecule has 0 heterocycles. The second-order valence-electron chi connectivity index (χ2n) is 6.54. The summed E-state index contributed by atoms with van der Waals surface area (Å²) < 4.78 is 0. The van der Waals surface area contributed by atoms with Crippen LogP contribution in [0.1, 0.15) is 54.4 Å². The van der Waals surface area contributed by atoms with Crippen molar-refractivity contribution in [3.8, 4) is 0 Å². The van der Waals surface area contributed by atoms with E-state index in [-0.39, 0.29) is 16.5 Å². The van der Waals surface area contributed by atoms with Gasteiger partial charge in [0, 0.05) is 11.0 Å². The summed E-state index contributed by atoms with van der Waals surface area (Å²) >= 11 is 0. The molecule has 1 rings (SSSR count). The van der Waals surface area contributed by atoms with E-state index in [0.717, 1.165) is 12.8 Å². The predicted molar refractivity (Wildman–Crippen MR) is 59.3 cm³/mol. The Labute approximate surface area is 87.5 Å². The molecule has 0 saturated heterocycles. The first-order valence-electron chi connectivity index (χ1n) is 5.41. The van der Waals surface area contributed by atoms with Crippen LogP contribution in [0, 0.1) is 5.41 Å². The zero-order valence-electron chi connectivity index (χ0n) is 10.3. The van der Waals surface area contributed by atoms with Crippen molar-refractivity contribution >= 4 is 5.78 Å². The number of rotatable bonds is 2. The van der Waals surface area contributed by atoms with E-state index in [1.807, 2.05) is 20.8 Å². The monoisotopic (exact) mass is 197 g/mol. The van der Waals surface area contributed by atoms with Crippen molar-refractivity contribution in [3.05, 3.63) is 0 Å². The maximum Gasteiger partial charge on any atom is 0.158 e. The maximum atomic E-state index is 12.2. The van der Waals surface area contributed by atoms with E-state index < -0.39 is 0 Å². The van der Waals surface area contributed by atoms with Gasteiger partial charge in [0.1, 0.15) is 0 Å². The SMILES string of the molecule is CC(C)(C)NC1(C(=O)C(C)(C)C)CC1. The lowest BCUT2D eigenvalue weighted by Gasteiger charge is -2.31. The van der Waals surface area contributed by atoms with Gasteiger partial charge in [0.05, 0.1) is 5.54 Å². The molecular weight excluding hydrogens is 174 g/mol. The van der Waals surface area contributed by atoms with Gasteiger partial charge in [-0.1, -0.05) is 20.8 Å². The highest BCUT2D eigenvalue weighted by Crippen LogP contribution is 2.42. The molecule has 0 atom stereocenters. The number of hydrogen-bond donors (Lipinski definition) is 1. The molecule has 0 unspecified atom stereocenters. The highest BCUT2D eigenvalue weighted by Gasteiger charge is 2.54. The van der Waals surface area contributed by atoms with E-state index in [2.05, 4.69) is 26.1 Å². The fraction of sp³-hybridized carbons (Fsp3) is 0.917. The Hall–Kier alpha value is -0.370. The van der Waals surface area contributed by atoms with Crippen molar-refractivity contribution in [1.29, 1.82) is 0 Å². The van der Waals surface area contributed by atoms with E-state index >= 15 is 0 Å². The number of carbonyl (C=O) groups is 1. The molecule has 0 spiro atoms. The molecule has 0 aromatic carbocycles. The molecule has 14 heavy (non-hydrogen) atoms. The van der Waals surface area contributed by atoms with Gasteiger partial charge in [-0.2, -0.15) is 0 Å². The zero-order valence-corrected chi connectivity index (χ0v) is 10.3. The van der Waals surface area contributed by atoms with Gasteiger partial charge in [-0.05, 0) is 33.6 Å². The molecule has 1 aliphatic carbocycles. The van der Waals surface area contributed by atoms with Gasteiger partial charge in [0.25, 0.3) is 0 Å². The second kappa shape index (κ2) is 3.06. The summed E-state index contributed by atoms with van der Waals surface area (Å²) in [5, 5.41) is 3.46. The van der Waals surface area contributed by atoms with Crippen LogP contribution in [-0.4, -0.2) is 16.9 Å². The Morgan fingerprint density at radius 1 is 1.07 bits per heavy atom. The molecule has 1 saturated carbocycles. The lowest BCUT2D eigenvalue weighted by atomic mass is 9.84. The quantitative estimate of drug-likeness (QED) is 0.737. The molecule has 0 radical (unpaired) electrons. The molecule has 0 bridgehead atoms. The van der Waals surface area contributed by atoms with Crippen LogP contribution in [0.3, 0.4) is 0 Å². The average Bonchev–Trinajstić information content (AvgIpc) is 2.62. The molecule has 82 valence electrons. The van der Waals surface area contributed by atoms with Crippen LogP contribution in [0.15, 0.2) is 0 Å². The lowest BCUT2D eigenvalue weighted by molar-refractivity contribution is -0.130. The fourth-order valence-corrected chi connectivity index (χ4v) is 1.97. The molecule has 0 aromatic rings. The second-order valence-corrected chi connectivity index (χ2v) is 6.54. The van der Waals surface area contributed by atoms with Crippen molar-refractivity contribution in [2.45, 2.75) is 65.5 Å². The van der Waals surface area contributed by atoms with Crippen LogP contribution < -0.4 is 5.32 Å². The van der Waals surface area contributed by atoms with Crippen molar-refractivity contribution in [3.63, 3.8) is 0 Å². The molecule has 0 aromatic heterocycles. The number of hydrogen-bond acceptors (Lipinski definition) is 2. The summed E-state index contributed by atoms with van der Waals surface area (Å²) in [4.78, 5) is 12.2. The highest BCUT2D eigenvalue weighted by molar-refractivity contribution is 5.95. The Balaban J connectivity index is 2.73. The van der Waals surface area contributed by atoms with Crippen LogP contribution in [0.2, 0.25) is 0 Å². The minimum atomic E-state index is -0.227. The van der Waals surface area contributed by atoms with E-state index in [1.54, 1.807) is 0 Å². The first kappa shape index (κ1) is 11.7. The largest absolute Gasteiger partial charge is 0.300 e. The Kier molecular flexibility index (Phi) is 2.56. The minimum Gasteiger partial charge on any atom is -0.300 e. The topological polar surface area (TPSA) is 29.1 Å². The third-order valence-electron chi connectivity index (χ3n) is 2.48. The van der Waals surface area contributed by atoms with Crippen LogP contribution in [0.4, 0.5) is 0 Å². The summed E-state index contributed by atoms with van der Waals surface area (Å²) in [6.45, 7) is 12.3. The zero-order chi connectivity index (χ0) is 11.2. The molecule has 2 heteroatoms. The number of ketones is 1. The molecule has 1 aliphatic rings. The molecule has 2 nitrogen and oxygen atoms in total. The predicted octanol–water partition coefficient (Wildman–Crippen LogP) is 2.52. The first-order valence-corrected chi connectivity index (χ1v) is 5.41. The van der Waals surface area contributed by atoms with E-state index in [1.165, 1.54) is 0 Å². The van der Waals surface area contributed by atoms with Gasteiger partial charge in [-0.25, -0.2) is 0 Å². The molecule has 0 amide bonds. The molecular formula is C12H23NO. The van der Waals surface area contributed by atoms with Gasteiger partial charge in [-0.3, -0.25) is 4.79 Å². The van der Waals surface area contributed by atoms with Crippen molar-refractivity contribution in [2.24, 2.45) is 5.41 Å². The number of Topliss-reactive ketones (excluding diaryl/α,β-unsaturated/α-hetero) is 1. The summed E-state index contributed by atoms with van der Waals surface area (Å²) in [5.74, 6) is 0.361. The summed E-state index contributed by atoms with van der Waals surface area (Å²) in [5.41, 5.74) is -0.414. The smallest absolute Gasteiger partial charge is 0.158 e. The van der Waals surface area contributed by atoms with Gasteiger partial charge in [0.2, 0.25) is 0 Å². The molecule has 0 aliphatic heterocycles. The first-order chi connectivity index (χ1) is 6.07. The number of carbonyl (C=O) groups excluding carboxylic acids is 1. The van der Waals surface area contributed by atoms with Crippen molar-refractivity contribution in [1.82, 2.24) is 5.32 Å². The summed E-state index contributed by atoms with van der Waals surface area (Å²) in [7, 11) is 0. The summed E-state index contributed by atoms with van der Waals surface area (Å²) in [6, 6.07) is 0. The van der Waals surface area contributed by atoms with E-state index in [9.17, 15) is 4.79 Å². The highest BCUT2D eigenvalue weighted by atomic mass is 16.1. The van der Waals surface area contributed by atoms with Gasteiger partial charge < -0.3 is 5.32 Å². The fourth-order valence-electron chi connectivity index (χ4n) is 1.97. The normalized spacial score (nSPS) is 20.7. The van der Waals surface area contributed by atoms with Crippen molar-refractivity contribution in [2.75, 3.05) is 0 Å². The maximum absolute atomic E-state index is 12.2. The van der Waals surface area contributed by atoms with Crippen LogP contribution in [-0.2, 0) is 4.79 Å². The third-order valence-corrected chi connectivity index (χ3v) is 2.48. The minimum absolute atomic E-state index is 0.0252. The number of nitrogens with one attached hydrogen (secondary N) is 1. The average molecular weight is 197 g/mol. The van der Waals surface area contributed by atoms with Gasteiger partial charge >= 0.3 is 0 Å². The van der Waals surface area contributed by atoms with Gasteiger partial charge in [-0.15, -0.1) is 0 Å². The Morgan fingerprint density at radius 2 is 1.50 bits per heavy atom. The standard InChI is InChI=1S/C12H23NO/c1-10(2,3)9(14)12(7-8-12)13-11(4,5)6/h13H,7-8H2,1-6H3. The summed E-state index contributed by atoms with van der Waals surface area (Å²) in [6.07, 6.45) is 2.00. The van der Waals surface area contributed by atoms with E-state index in [4.69, 9.17) is 0 Å². The van der Waals surface area contributed by atoms with Crippen molar-refractivity contribution < 1.29 is 4.79 Å². The van der Waals surface area contributed by atoms with Crippen LogP contribution in [0.25, 0.3) is 0 Å². The Bertz CT molecular complexity index is 238. The molecule has 1 fully saturated rings. The van der Waals surface area contributed by atoms with Gasteiger partial charge in [0.15, 0.2) is 5.78 Å². The lowest BCUT2D eigenvalue weighted by Crippen LogP contribution is -2.52. The third kappa shape index (κ3) is 2.57. The molecule has 1 N–H and O–H groups in total.